The molecule has 2 heteroatoms. The smallest absolute Gasteiger partial charge is 0.143 e. The highest BCUT2D eigenvalue weighted by Crippen LogP contribution is 2.47. The Hall–Kier alpha value is -7.42. The molecule has 11 rings (SSSR count). The van der Waals surface area contributed by atoms with Crippen LogP contribution < -0.4 is 4.90 Å². The van der Waals surface area contributed by atoms with Crippen LogP contribution in [0.25, 0.3) is 87.6 Å². The van der Waals surface area contributed by atoms with Crippen molar-refractivity contribution in [3.8, 4) is 33.4 Å². The molecule has 1 aromatic heterocycles. The summed E-state index contributed by atoms with van der Waals surface area (Å²) >= 11 is 0. The number of nitrogens with zero attached hydrogens (tertiary/aromatic N) is 1. The minimum atomic E-state index is 0.892. The van der Waals surface area contributed by atoms with E-state index < -0.39 is 0 Å². The number of para-hydroxylation sites is 2. The predicted octanol–water partition coefficient (Wildman–Crippen LogP) is 15.5. The molecule has 0 saturated carbocycles. The van der Waals surface area contributed by atoms with Crippen molar-refractivity contribution in [1.29, 1.82) is 0 Å². The molecule has 0 unspecified atom stereocenters. The maximum atomic E-state index is 6.65. The molecule has 11 aromatic rings. The highest BCUT2D eigenvalue weighted by molar-refractivity contribution is 6.22. The van der Waals surface area contributed by atoms with E-state index in [1.54, 1.807) is 0 Å². The van der Waals surface area contributed by atoms with Gasteiger partial charge in [0.05, 0.1) is 5.69 Å². The zero-order valence-corrected chi connectivity index (χ0v) is 30.6. The van der Waals surface area contributed by atoms with Crippen molar-refractivity contribution < 1.29 is 4.42 Å². The van der Waals surface area contributed by atoms with Gasteiger partial charge in [0.15, 0.2) is 0 Å². The molecule has 56 heavy (non-hydrogen) atoms. The molecule has 0 N–H and O–H groups in total. The van der Waals surface area contributed by atoms with Crippen molar-refractivity contribution in [1.82, 2.24) is 0 Å². The second kappa shape index (κ2) is 13.2. The van der Waals surface area contributed by atoms with Gasteiger partial charge in [-0.2, -0.15) is 0 Å². The number of fused-ring (bicyclic) bond motifs is 7. The fraction of sp³-hybridized carbons (Fsp3) is 0. The third kappa shape index (κ3) is 5.42. The van der Waals surface area contributed by atoms with Crippen LogP contribution >= 0.6 is 0 Å². The van der Waals surface area contributed by atoms with Crippen LogP contribution in [0.2, 0.25) is 0 Å². The molecule has 0 saturated heterocycles. The summed E-state index contributed by atoms with van der Waals surface area (Å²) in [5.74, 6) is 0. The van der Waals surface area contributed by atoms with Gasteiger partial charge in [-0.1, -0.05) is 158 Å². The van der Waals surface area contributed by atoms with Gasteiger partial charge in [0.1, 0.15) is 11.2 Å². The van der Waals surface area contributed by atoms with Gasteiger partial charge in [-0.25, -0.2) is 0 Å². The van der Waals surface area contributed by atoms with Crippen LogP contribution in [0.4, 0.5) is 17.1 Å². The summed E-state index contributed by atoms with van der Waals surface area (Å²) in [5, 5.41) is 9.48. The van der Waals surface area contributed by atoms with E-state index >= 15 is 0 Å². The van der Waals surface area contributed by atoms with Gasteiger partial charge in [-0.05, 0) is 109 Å². The maximum Gasteiger partial charge on any atom is 0.143 e. The summed E-state index contributed by atoms with van der Waals surface area (Å²) in [5.41, 5.74) is 12.1. The monoisotopic (exact) mass is 713 g/mol. The molecular formula is C54H35NO. The lowest BCUT2D eigenvalue weighted by Gasteiger charge is -2.28. The van der Waals surface area contributed by atoms with Crippen LogP contribution in [-0.2, 0) is 0 Å². The summed E-state index contributed by atoms with van der Waals surface area (Å²) < 4.78 is 6.65. The highest BCUT2D eigenvalue weighted by Gasteiger charge is 2.22. The zero-order chi connectivity index (χ0) is 37.0. The van der Waals surface area contributed by atoms with Crippen molar-refractivity contribution in [2.75, 3.05) is 4.90 Å². The molecule has 0 bridgehead atoms. The van der Waals surface area contributed by atoms with E-state index in [9.17, 15) is 0 Å². The number of hydrogen-bond acceptors (Lipinski definition) is 2. The number of furan rings is 1. The fourth-order valence-electron chi connectivity index (χ4n) is 8.44. The van der Waals surface area contributed by atoms with Crippen LogP contribution in [0, 0.1) is 0 Å². The molecule has 0 spiro atoms. The highest BCUT2D eigenvalue weighted by atomic mass is 16.3. The van der Waals surface area contributed by atoms with E-state index in [1.807, 2.05) is 6.07 Å². The average Bonchev–Trinajstić information content (AvgIpc) is 3.67. The van der Waals surface area contributed by atoms with Gasteiger partial charge in [0, 0.05) is 33.1 Å². The molecule has 262 valence electrons. The normalized spacial score (nSPS) is 11.6. The van der Waals surface area contributed by atoms with E-state index in [2.05, 4.69) is 211 Å². The Labute approximate surface area is 325 Å². The van der Waals surface area contributed by atoms with Crippen molar-refractivity contribution in [3.63, 3.8) is 0 Å². The van der Waals surface area contributed by atoms with E-state index in [-0.39, 0.29) is 0 Å². The Balaban J connectivity index is 1.09. The first kappa shape index (κ1) is 32.0. The molecular weight excluding hydrogens is 679 g/mol. The Bertz CT molecular complexity index is 3120. The minimum absolute atomic E-state index is 0.892. The van der Waals surface area contributed by atoms with Crippen molar-refractivity contribution in [3.05, 3.63) is 212 Å². The van der Waals surface area contributed by atoms with Gasteiger partial charge in [-0.3, -0.25) is 0 Å². The van der Waals surface area contributed by atoms with Gasteiger partial charge in [0.25, 0.3) is 0 Å². The molecule has 0 aliphatic heterocycles. The molecule has 0 radical (unpaired) electrons. The SMILES string of the molecule is c1ccc(N(c2ccc(-c3ccc4ccccc4c3)cc2)c2ccc(-c3ccc4ccccc4c3)cc2)c(-c2cc3ccccc3c3oc4ccccc4c23)c1. The Kier molecular flexibility index (Phi) is 7.53. The lowest BCUT2D eigenvalue weighted by molar-refractivity contribution is 0.673. The van der Waals surface area contributed by atoms with E-state index in [1.165, 1.54) is 43.8 Å². The lowest BCUT2D eigenvalue weighted by Crippen LogP contribution is -2.11. The Morgan fingerprint density at radius 1 is 0.321 bits per heavy atom. The fourth-order valence-corrected chi connectivity index (χ4v) is 8.44. The molecule has 10 aromatic carbocycles. The summed E-state index contributed by atoms with van der Waals surface area (Å²) in [6.45, 7) is 0. The van der Waals surface area contributed by atoms with Gasteiger partial charge in [0.2, 0.25) is 0 Å². The van der Waals surface area contributed by atoms with Crippen molar-refractivity contribution in [2.45, 2.75) is 0 Å². The first-order valence-electron chi connectivity index (χ1n) is 19.2. The Morgan fingerprint density at radius 2 is 0.804 bits per heavy atom. The molecule has 1 heterocycles. The topological polar surface area (TPSA) is 16.4 Å². The lowest BCUT2D eigenvalue weighted by atomic mass is 9.93. The van der Waals surface area contributed by atoms with E-state index in [0.29, 0.717) is 0 Å². The van der Waals surface area contributed by atoms with Crippen LogP contribution in [0.5, 0.6) is 0 Å². The van der Waals surface area contributed by atoms with Gasteiger partial charge < -0.3 is 9.32 Å². The molecule has 0 atom stereocenters. The van der Waals surface area contributed by atoms with Crippen molar-refractivity contribution in [2.24, 2.45) is 0 Å². The number of rotatable bonds is 6. The summed E-state index contributed by atoms with van der Waals surface area (Å²) in [6, 6.07) is 76.5. The third-order valence-corrected chi connectivity index (χ3v) is 11.2. The number of hydrogen-bond donors (Lipinski definition) is 0. The first-order valence-corrected chi connectivity index (χ1v) is 19.2. The molecule has 0 amide bonds. The largest absolute Gasteiger partial charge is 0.455 e. The first-order chi connectivity index (χ1) is 27.7. The quantitative estimate of drug-likeness (QED) is 0.171. The van der Waals surface area contributed by atoms with Crippen LogP contribution in [-0.4, -0.2) is 0 Å². The van der Waals surface area contributed by atoms with Gasteiger partial charge >= 0.3 is 0 Å². The predicted molar refractivity (Wildman–Crippen MR) is 237 cm³/mol. The number of benzene rings is 10. The summed E-state index contributed by atoms with van der Waals surface area (Å²) in [6.07, 6.45) is 0. The molecule has 0 aliphatic rings. The molecule has 0 aliphatic carbocycles. The van der Waals surface area contributed by atoms with Crippen LogP contribution in [0.15, 0.2) is 217 Å². The van der Waals surface area contributed by atoms with Crippen molar-refractivity contribution >= 4 is 71.3 Å². The maximum absolute atomic E-state index is 6.65. The second-order valence-electron chi connectivity index (χ2n) is 14.5. The molecule has 2 nitrogen and oxygen atoms in total. The number of anilines is 3. The van der Waals surface area contributed by atoms with E-state index in [0.717, 1.165) is 60.9 Å². The minimum Gasteiger partial charge on any atom is -0.455 e. The average molecular weight is 714 g/mol. The standard InChI is InChI=1S/C54H35NO/c1-3-13-40-33-42(23-21-36(40)11-1)38-25-29-45(30-26-38)55(46-31-27-39(28-32-46)43-24-22-37-12-2-4-14-41(37)34-43)51-19-9-7-17-48(51)50-35-44-15-5-6-16-47(44)54-53(50)49-18-8-10-20-52(49)56-54/h1-35H. The summed E-state index contributed by atoms with van der Waals surface area (Å²) in [4.78, 5) is 2.40. The Morgan fingerprint density at radius 3 is 1.43 bits per heavy atom. The third-order valence-electron chi connectivity index (χ3n) is 11.2. The summed E-state index contributed by atoms with van der Waals surface area (Å²) in [7, 11) is 0. The van der Waals surface area contributed by atoms with Crippen LogP contribution in [0.1, 0.15) is 0 Å². The van der Waals surface area contributed by atoms with E-state index in [4.69, 9.17) is 4.42 Å². The second-order valence-corrected chi connectivity index (χ2v) is 14.5. The zero-order valence-electron chi connectivity index (χ0n) is 30.6. The molecule has 0 fully saturated rings. The van der Waals surface area contributed by atoms with Gasteiger partial charge in [-0.15, -0.1) is 0 Å². The van der Waals surface area contributed by atoms with Crippen LogP contribution in [0.3, 0.4) is 0 Å².